The van der Waals surface area contributed by atoms with Crippen LogP contribution in [0.2, 0.25) is 5.02 Å². The van der Waals surface area contributed by atoms with Gasteiger partial charge in [-0.1, -0.05) is 31.4 Å². The highest BCUT2D eigenvalue weighted by Crippen LogP contribution is 2.25. The molecule has 0 spiro atoms. The molecule has 0 saturated carbocycles. The summed E-state index contributed by atoms with van der Waals surface area (Å²) < 4.78 is 39.7. The third kappa shape index (κ3) is 3.83. The fraction of sp³-hybridized carbons (Fsp3) is 0.455. The van der Waals surface area contributed by atoms with Gasteiger partial charge in [-0.25, -0.2) is 17.5 Å². The van der Waals surface area contributed by atoms with Crippen LogP contribution < -0.4 is 10.5 Å². The van der Waals surface area contributed by atoms with Crippen molar-refractivity contribution in [3.05, 3.63) is 23.0 Å². The first-order valence-electron chi connectivity index (χ1n) is 5.62. The van der Waals surface area contributed by atoms with Crippen LogP contribution in [0.4, 0.5) is 10.1 Å². The van der Waals surface area contributed by atoms with E-state index in [1.807, 2.05) is 6.92 Å². The number of rotatable bonds is 6. The number of hydrogen-bond acceptors (Lipinski definition) is 3. The van der Waals surface area contributed by atoms with Crippen LogP contribution in [0.5, 0.6) is 0 Å². The van der Waals surface area contributed by atoms with Crippen LogP contribution in [0.1, 0.15) is 26.2 Å². The molecule has 0 aliphatic rings. The van der Waals surface area contributed by atoms with Crippen molar-refractivity contribution in [3.63, 3.8) is 0 Å². The summed E-state index contributed by atoms with van der Waals surface area (Å²) in [7, 11) is -3.91. The van der Waals surface area contributed by atoms with E-state index in [9.17, 15) is 12.8 Å². The molecule has 1 rings (SSSR count). The molecule has 0 radical (unpaired) electrons. The van der Waals surface area contributed by atoms with Gasteiger partial charge in [-0.3, -0.25) is 0 Å². The predicted molar refractivity (Wildman–Crippen MR) is 70.5 cm³/mol. The number of nitrogens with one attached hydrogen (secondary N) is 1. The molecule has 0 saturated heterocycles. The second-order valence-electron chi connectivity index (χ2n) is 3.91. The summed E-state index contributed by atoms with van der Waals surface area (Å²) in [6, 6.07) is 2.22. The lowest BCUT2D eigenvalue weighted by Gasteiger charge is -2.09. The number of anilines is 1. The van der Waals surface area contributed by atoms with Gasteiger partial charge in [-0.2, -0.15) is 0 Å². The molecule has 1 aromatic carbocycles. The molecule has 18 heavy (non-hydrogen) atoms. The molecule has 0 aliphatic heterocycles. The lowest BCUT2D eigenvalue weighted by molar-refractivity contribution is 0.555. The summed E-state index contributed by atoms with van der Waals surface area (Å²) in [5, 5.41) is 0.0860. The standard InChI is InChI=1S/C11H16ClFN2O2S/c1-2-3-4-5-15-18(16,17)10-7-8(12)6-9(14)11(10)13/h6-7,15H,2-5,14H2,1H3. The maximum absolute atomic E-state index is 13.6. The predicted octanol–water partition coefficient (Wildman–Crippen LogP) is 2.53. The van der Waals surface area contributed by atoms with Gasteiger partial charge in [0.25, 0.3) is 0 Å². The maximum Gasteiger partial charge on any atom is 0.243 e. The third-order valence-electron chi connectivity index (χ3n) is 2.39. The molecule has 3 N–H and O–H groups in total. The molecule has 0 aromatic heterocycles. The van der Waals surface area contributed by atoms with Crippen molar-refractivity contribution in [1.29, 1.82) is 0 Å². The first kappa shape index (κ1) is 15.2. The molecule has 0 heterocycles. The fourth-order valence-electron chi connectivity index (χ4n) is 1.44. The number of sulfonamides is 1. The lowest BCUT2D eigenvalue weighted by atomic mass is 10.3. The Morgan fingerprint density at radius 3 is 2.67 bits per heavy atom. The molecule has 0 unspecified atom stereocenters. The van der Waals surface area contributed by atoms with Crippen LogP contribution in [0.3, 0.4) is 0 Å². The van der Waals surface area contributed by atoms with Crippen molar-refractivity contribution in [2.24, 2.45) is 0 Å². The zero-order valence-corrected chi connectivity index (χ0v) is 11.6. The Labute approximate surface area is 111 Å². The van der Waals surface area contributed by atoms with Crippen LogP contribution in [0.15, 0.2) is 17.0 Å². The second-order valence-corrected chi connectivity index (χ2v) is 6.08. The minimum Gasteiger partial charge on any atom is -0.396 e. The van der Waals surface area contributed by atoms with Gasteiger partial charge in [0.1, 0.15) is 4.90 Å². The molecule has 0 aliphatic carbocycles. The van der Waals surface area contributed by atoms with Crippen LogP contribution in [0.25, 0.3) is 0 Å². The summed E-state index contributed by atoms with van der Waals surface area (Å²) in [6.45, 7) is 2.27. The van der Waals surface area contributed by atoms with E-state index in [0.717, 1.165) is 18.9 Å². The lowest BCUT2D eigenvalue weighted by Crippen LogP contribution is -2.26. The smallest absolute Gasteiger partial charge is 0.243 e. The largest absolute Gasteiger partial charge is 0.396 e. The van der Waals surface area contributed by atoms with E-state index in [-0.39, 0.29) is 17.3 Å². The van der Waals surface area contributed by atoms with Crippen molar-refractivity contribution < 1.29 is 12.8 Å². The summed E-state index contributed by atoms with van der Waals surface area (Å²) in [5.74, 6) is -0.970. The quantitative estimate of drug-likeness (QED) is 0.625. The number of nitrogens with two attached hydrogens (primary N) is 1. The average Bonchev–Trinajstić information content (AvgIpc) is 2.29. The van der Waals surface area contributed by atoms with Crippen molar-refractivity contribution in [1.82, 2.24) is 4.72 Å². The Morgan fingerprint density at radius 1 is 1.39 bits per heavy atom. The molecule has 0 bridgehead atoms. The zero-order chi connectivity index (χ0) is 13.8. The third-order valence-corrected chi connectivity index (χ3v) is 4.07. The summed E-state index contributed by atoms with van der Waals surface area (Å²) in [5.41, 5.74) is 5.06. The van der Waals surface area contributed by atoms with E-state index in [1.165, 1.54) is 6.07 Å². The van der Waals surface area contributed by atoms with Gasteiger partial charge in [0.05, 0.1) is 5.69 Å². The molecule has 0 fully saturated rings. The van der Waals surface area contributed by atoms with Crippen LogP contribution in [-0.2, 0) is 10.0 Å². The molecule has 4 nitrogen and oxygen atoms in total. The molecule has 1 aromatic rings. The molecule has 0 atom stereocenters. The summed E-state index contributed by atoms with van der Waals surface area (Å²) in [6.07, 6.45) is 2.58. The Kier molecular flexibility index (Phi) is 5.37. The van der Waals surface area contributed by atoms with E-state index in [0.29, 0.717) is 6.42 Å². The first-order chi connectivity index (χ1) is 8.38. The van der Waals surface area contributed by atoms with Gasteiger partial charge < -0.3 is 5.73 Å². The topological polar surface area (TPSA) is 72.2 Å². The van der Waals surface area contributed by atoms with Crippen molar-refractivity contribution >= 4 is 27.3 Å². The SMILES string of the molecule is CCCCCNS(=O)(=O)c1cc(Cl)cc(N)c1F. The molecule has 0 amide bonds. The monoisotopic (exact) mass is 294 g/mol. The highest BCUT2D eigenvalue weighted by atomic mass is 35.5. The summed E-state index contributed by atoms with van der Waals surface area (Å²) in [4.78, 5) is -0.510. The molecular weight excluding hydrogens is 279 g/mol. The second kappa shape index (κ2) is 6.36. The highest BCUT2D eigenvalue weighted by molar-refractivity contribution is 7.89. The van der Waals surface area contributed by atoms with Crippen molar-refractivity contribution in [2.45, 2.75) is 31.1 Å². The normalized spacial score (nSPS) is 11.7. The summed E-state index contributed by atoms with van der Waals surface area (Å²) >= 11 is 5.67. The molecular formula is C11H16ClFN2O2S. The number of nitrogen functional groups attached to an aromatic ring is 1. The number of unbranched alkanes of at least 4 members (excludes halogenated alkanes) is 2. The van der Waals surface area contributed by atoms with Gasteiger partial charge >= 0.3 is 0 Å². The Bertz CT molecular complexity index is 520. The van der Waals surface area contributed by atoms with Gasteiger partial charge in [0.15, 0.2) is 5.82 Å². The number of benzene rings is 1. The Balaban J connectivity index is 2.91. The van der Waals surface area contributed by atoms with Gasteiger partial charge in [-0.05, 0) is 18.6 Å². The van der Waals surface area contributed by atoms with Crippen LogP contribution >= 0.6 is 11.6 Å². The van der Waals surface area contributed by atoms with Gasteiger partial charge in [-0.15, -0.1) is 0 Å². The molecule has 102 valence electrons. The Hall–Kier alpha value is -0.850. The maximum atomic E-state index is 13.6. The molecule has 7 heteroatoms. The minimum absolute atomic E-state index is 0.0860. The van der Waals surface area contributed by atoms with E-state index < -0.39 is 20.7 Å². The van der Waals surface area contributed by atoms with E-state index in [4.69, 9.17) is 17.3 Å². The van der Waals surface area contributed by atoms with Crippen molar-refractivity contribution in [3.8, 4) is 0 Å². The van der Waals surface area contributed by atoms with Crippen LogP contribution in [-0.4, -0.2) is 15.0 Å². The van der Waals surface area contributed by atoms with Gasteiger partial charge in [0.2, 0.25) is 10.0 Å². The zero-order valence-electron chi connectivity index (χ0n) is 10.0. The van der Waals surface area contributed by atoms with Gasteiger partial charge in [0, 0.05) is 11.6 Å². The van der Waals surface area contributed by atoms with Crippen molar-refractivity contribution in [2.75, 3.05) is 12.3 Å². The highest BCUT2D eigenvalue weighted by Gasteiger charge is 2.21. The van der Waals surface area contributed by atoms with E-state index >= 15 is 0 Å². The Morgan fingerprint density at radius 2 is 2.06 bits per heavy atom. The minimum atomic E-state index is -3.91. The van der Waals surface area contributed by atoms with E-state index in [1.54, 1.807) is 0 Å². The number of halogens is 2. The van der Waals surface area contributed by atoms with Crippen LogP contribution in [0, 0.1) is 5.82 Å². The van der Waals surface area contributed by atoms with E-state index in [2.05, 4.69) is 4.72 Å². The number of hydrogen-bond donors (Lipinski definition) is 2. The first-order valence-corrected chi connectivity index (χ1v) is 7.48. The fourth-order valence-corrected chi connectivity index (χ4v) is 2.94. The average molecular weight is 295 g/mol.